The predicted molar refractivity (Wildman–Crippen MR) is 121 cm³/mol. The van der Waals surface area contributed by atoms with E-state index in [4.69, 9.17) is 9.47 Å². The molecular formula is C21H24N4O3S2. The van der Waals surface area contributed by atoms with Gasteiger partial charge in [-0.15, -0.1) is 22.0 Å². The third-order valence-corrected chi connectivity index (χ3v) is 6.04. The van der Waals surface area contributed by atoms with Gasteiger partial charge in [0.05, 0.1) is 12.9 Å². The molecule has 0 aliphatic carbocycles. The molecule has 1 heterocycles. The molecule has 3 aromatic rings. The number of nitrogens with zero attached hydrogens (tertiary/aromatic N) is 3. The Morgan fingerprint density at radius 2 is 1.90 bits per heavy atom. The summed E-state index contributed by atoms with van der Waals surface area (Å²) in [5, 5.41) is 12.0. The van der Waals surface area contributed by atoms with E-state index < -0.39 is 0 Å². The lowest BCUT2D eigenvalue weighted by atomic mass is 10.3. The molecule has 3 rings (SSSR count). The monoisotopic (exact) mass is 444 g/mol. The van der Waals surface area contributed by atoms with Crippen molar-refractivity contribution in [3.05, 3.63) is 54.4 Å². The molecule has 1 aromatic heterocycles. The summed E-state index contributed by atoms with van der Waals surface area (Å²) in [4.78, 5) is 13.4. The first-order valence-corrected chi connectivity index (χ1v) is 11.5. The summed E-state index contributed by atoms with van der Waals surface area (Å²) in [6, 6.07) is 15.1. The first-order valence-electron chi connectivity index (χ1n) is 9.27. The highest BCUT2D eigenvalue weighted by molar-refractivity contribution is 7.99. The first-order chi connectivity index (χ1) is 14.5. The van der Waals surface area contributed by atoms with Crippen LogP contribution in [0.5, 0.6) is 11.5 Å². The van der Waals surface area contributed by atoms with Crippen molar-refractivity contribution in [1.29, 1.82) is 0 Å². The van der Waals surface area contributed by atoms with Crippen molar-refractivity contribution in [3.8, 4) is 11.5 Å². The summed E-state index contributed by atoms with van der Waals surface area (Å²) in [5.41, 5.74) is 0.785. The lowest BCUT2D eigenvalue weighted by molar-refractivity contribution is -0.113. The van der Waals surface area contributed by atoms with Crippen LogP contribution in [-0.4, -0.2) is 39.8 Å². The molecule has 0 saturated carbocycles. The van der Waals surface area contributed by atoms with Crippen molar-refractivity contribution in [2.75, 3.05) is 24.4 Å². The van der Waals surface area contributed by atoms with E-state index in [0.29, 0.717) is 16.7 Å². The first kappa shape index (κ1) is 22.0. The normalized spacial score (nSPS) is 11.7. The zero-order chi connectivity index (χ0) is 21.5. The van der Waals surface area contributed by atoms with Crippen LogP contribution in [0.15, 0.2) is 58.6 Å². The smallest absolute Gasteiger partial charge is 0.234 e. The molecule has 0 aliphatic heterocycles. The lowest BCUT2D eigenvalue weighted by Crippen LogP contribution is -2.15. The zero-order valence-electron chi connectivity index (χ0n) is 17.3. The molecule has 0 spiro atoms. The van der Waals surface area contributed by atoms with Gasteiger partial charge in [-0.05, 0) is 55.6 Å². The van der Waals surface area contributed by atoms with Crippen LogP contribution < -0.4 is 14.8 Å². The van der Waals surface area contributed by atoms with Crippen LogP contribution in [0.25, 0.3) is 0 Å². The van der Waals surface area contributed by atoms with Gasteiger partial charge in [0.2, 0.25) is 5.91 Å². The van der Waals surface area contributed by atoms with Gasteiger partial charge in [-0.1, -0.05) is 17.8 Å². The van der Waals surface area contributed by atoms with E-state index in [9.17, 15) is 4.79 Å². The van der Waals surface area contributed by atoms with E-state index in [-0.39, 0.29) is 17.8 Å². The van der Waals surface area contributed by atoms with Crippen LogP contribution >= 0.6 is 23.5 Å². The number of ether oxygens (including phenoxy) is 2. The van der Waals surface area contributed by atoms with E-state index >= 15 is 0 Å². The molecule has 0 bridgehead atoms. The van der Waals surface area contributed by atoms with Crippen molar-refractivity contribution in [2.45, 2.75) is 23.1 Å². The lowest BCUT2D eigenvalue weighted by Gasteiger charge is -2.14. The topological polar surface area (TPSA) is 78.3 Å². The van der Waals surface area contributed by atoms with Gasteiger partial charge in [-0.25, -0.2) is 0 Å². The summed E-state index contributed by atoms with van der Waals surface area (Å²) >= 11 is 2.97. The van der Waals surface area contributed by atoms with Crippen LogP contribution in [0.2, 0.25) is 0 Å². The molecule has 0 fully saturated rings. The Hall–Kier alpha value is -2.65. The molecule has 0 radical (unpaired) electrons. The highest BCUT2D eigenvalue weighted by Crippen LogP contribution is 2.25. The molecule has 2 aromatic carbocycles. The van der Waals surface area contributed by atoms with E-state index in [2.05, 4.69) is 15.5 Å². The zero-order valence-corrected chi connectivity index (χ0v) is 18.9. The van der Waals surface area contributed by atoms with Crippen molar-refractivity contribution >= 4 is 35.1 Å². The largest absolute Gasteiger partial charge is 0.497 e. The third kappa shape index (κ3) is 5.70. The van der Waals surface area contributed by atoms with Gasteiger partial charge in [-0.2, -0.15) is 0 Å². The number of carbonyl (C=O) groups excluding carboxylic acids is 1. The molecular weight excluding hydrogens is 420 g/mol. The summed E-state index contributed by atoms with van der Waals surface area (Å²) in [6.45, 7) is 1.91. The summed E-state index contributed by atoms with van der Waals surface area (Å²) < 4.78 is 13.0. The molecule has 158 valence electrons. The Bertz CT molecular complexity index is 992. The molecule has 7 nitrogen and oxygen atoms in total. The number of rotatable bonds is 9. The van der Waals surface area contributed by atoms with Gasteiger partial charge < -0.3 is 19.4 Å². The fourth-order valence-electron chi connectivity index (χ4n) is 2.74. The van der Waals surface area contributed by atoms with Gasteiger partial charge in [0.15, 0.2) is 17.1 Å². The number of anilines is 1. The maximum atomic E-state index is 12.3. The molecule has 0 saturated heterocycles. The van der Waals surface area contributed by atoms with Gasteiger partial charge in [0.25, 0.3) is 0 Å². The molecule has 9 heteroatoms. The number of hydrogen-bond acceptors (Lipinski definition) is 7. The Labute approximate surface area is 184 Å². The van der Waals surface area contributed by atoms with Crippen molar-refractivity contribution < 1.29 is 14.3 Å². The van der Waals surface area contributed by atoms with E-state index in [0.717, 1.165) is 16.3 Å². The minimum atomic E-state index is -0.298. The fourth-order valence-corrected chi connectivity index (χ4v) is 3.92. The molecule has 1 N–H and O–H groups in total. The number of aromatic nitrogens is 3. The highest BCUT2D eigenvalue weighted by atomic mass is 32.2. The average molecular weight is 445 g/mol. The number of methoxy groups -OCH3 is 1. The van der Waals surface area contributed by atoms with Crippen LogP contribution in [0.4, 0.5) is 5.69 Å². The SMILES string of the molecule is COc1ccc(OC(C)c2nnc(SCC(=O)Nc3cccc(SC)c3)n2C)cc1. The number of benzene rings is 2. The Kier molecular flexibility index (Phi) is 7.64. The van der Waals surface area contributed by atoms with Gasteiger partial charge >= 0.3 is 0 Å². The summed E-state index contributed by atoms with van der Waals surface area (Å²) in [6.07, 6.45) is 1.70. The predicted octanol–water partition coefficient (Wildman–Crippen LogP) is 4.42. The second kappa shape index (κ2) is 10.4. The maximum Gasteiger partial charge on any atom is 0.234 e. The molecule has 1 atom stereocenters. The second-order valence-electron chi connectivity index (χ2n) is 6.40. The van der Waals surface area contributed by atoms with Crippen LogP contribution in [0.1, 0.15) is 18.9 Å². The van der Waals surface area contributed by atoms with E-state index in [1.807, 2.05) is 73.3 Å². The van der Waals surface area contributed by atoms with Crippen molar-refractivity contribution in [3.63, 3.8) is 0 Å². The molecule has 30 heavy (non-hydrogen) atoms. The number of amides is 1. The minimum Gasteiger partial charge on any atom is -0.497 e. The van der Waals surface area contributed by atoms with Crippen molar-refractivity contribution in [1.82, 2.24) is 14.8 Å². The highest BCUT2D eigenvalue weighted by Gasteiger charge is 2.18. The molecule has 1 unspecified atom stereocenters. The Balaban J connectivity index is 1.56. The number of carbonyl (C=O) groups is 1. The van der Waals surface area contributed by atoms with E-state index in [1.54, 1.807) is 18.9 Å². The standard InChI is InChI=1S/C21H24N4O3S2/c1-14(28-17-10-8-16(27-3)9-11-17)20-23-24-21(25(20)2)30-13-19(26)22-15-6-5-7-18(12-15)29-4/h5-12,14H,13H2,1-4H3,(H,22,26). The van der Waals surface area contributed by atoms with Crippen LogP contribution in [0.3, 0.4) is 0 Å². The van der Waals surface area contributed by atoms with Gasteiger partial charge in [0, 0.05) is 17.6 Å². The van der Waals surface area contributed by atoms with Crippen molar-refractivity contribution in [2.24, 2.45) is 7.05 Å². The quantitative estimate of drug-likeness (QED) is 0.490. The minimum absolute atomic E-state index is 0.0923. The second-order valence-corrected chi connectivity index (χ2v) is 8.23. The number of nitrogens with one attached hydrogen (secondary N) is 1. The Morgan fingerprint density at radius 3 is 2.60 bits per heavy atom. The molecule has 0 aliphatic rings. The number of hydrogen-bond donors (Lipinski definition) is 1. The third-order valence-electron chi connectivity index (χ3n) is 4.29. The average Bonchev–Trinajstić information content (AvgIpc) is 3.13. The fraction of sp³-hybridized carbons (Fsp3) is 0.286. The van der Waals surface area contributed by atoms with Crippen LogP contribution in [0, 0.1) is 0 Å². The van der Waals surface area contributed by atoms with E-state index in [1.165, 1.54) is 11.8 Å². The van der Waals surface area contributed by atoms with Crippen LogP contribution in [-0.2, 0) is 11.8 Å². The van der Waals surface area contributed by atoms with Gasteiger partial charge in [0.1, 0.15) is 11.5 Å². The summed E-state index contributed by atoms with van der Waals surface area (Å²) in [5.74, 6) is 2.31. The maximum absolute atomic E-state index is 12.3. The summed E-state index contributed by atoms with van der Waals surface area (Å²) in [7, 11) is 3.49. The molecule has 1 amide bonds. The number of thioether (sulfide) groups is 2. The van der Waals surface area contributed by atoms with Gasteiger partial charge in [-0.3, -0.25) is 4.79 Å². The Morgan fingerprint density at radius 1 is 1.17 bits per heavy atom.